The quantitative estimate of drug-likeness (QED) is 0.689. The van der Waals surface area contributed by atoms with Gasteiger partial charge in [0.15, 0.2) is 5.92 Å². The van der Waals surface area contributed by atoms with Gasteiger partial charge in [0.1, 0.15) is 0 Å². The molecule has 0 heterocycles. The van der Waals surface area contributed by atoms with Crippen molar-refractivity contribution in [3.8, 4) is 12.3 Å². The van der Waals surface area contributed by atoms with Crippen LogP contribution in [0.3, 0.4) is 0 Å². The van der Waals surface area contributed by atoms with Crippen molar-refractivity contribution in [3.05, 3.63) is 0 Å². The molecule has 86 valence electrons. The fraction of sp³-hybridized carbons (Fsp3) is 0.667. The third-order valence-corrected chi connectivity index (χ3v) is 1.79. The van der Waals surface area contributed by atoms with E-state index in [0.29, 0.717) is 0 Å². The third kappa shape index (κ3) is 5.27. The number of rotatable bonds is 5. The number of carboxylic acid groups (broad SMARTS) is 1. The second-order valence-corrected chi connectivity index (χ2v) is 3.15. The number of aliphatic carboxylic acids is 1. The number of halogens is 3. The Balaban J connectivity index is 4.22. The maximum atomic E-state index is 12.1. The number of hydrogen-bond acceptors (Lipinski definition) is 2. The van der Waals surface area contributed by atoms with Crippen molar-refractivity contribution < 1.29 is 23.1 Å². The van der Waals surface area contributed by atoms with Gasteiger partial charge in [0.05, 0.1) is 0 Å². The molecular weight excluding hydrogens is 211 g/mol. The largest absolute Gasteiger partial charge is 0.481 e. The molecule has 0 fully saturated rings. The molecular formula is C9H12F3NO2. The number of carboxylic acids is 1. The standard InChI is InChI=1S/C9H12F3NO2/c1-3-4-6(2)13-5-7(8(14)15)9(10,11)12/h1,6-7,13H,4-5H2,2H3,(H,14,15). The van der Waals surface area contributed by atoms with Gasteiger partial charge >= 0.3 is 12.1 Å². The van der Waals surface area contributed by atoms with Gasteiger partial charge in [-0.05, 0) is 6.92 Å². The molecule has 0 aromatic carbocycles. The Bertz CT molecular complexity index is 257. The topological polar surface area (TPSA) is 49.3 Å². The van der Waals surface area contributed by atoms with E-state index in [2.05, 4.69) is 11.2 Å². The molecule has 2 unspecified atom stereocenters. The Kier molecular flexibility index (Phi) is 5.15. The average molecular weight is 223 g/mol. The second kappa shape index (κ2) is 5.61. The van der Waals surface area contributed by atoms with Gasteiger partial charge in [-0.1, -0.05) is 0 Å². The zero-order chi connectivity index (χ0) is 12.1. The van der Waals surface area contributed by atoms with Gasteiger partial charge in [0.2, 0.25) is 0 Å². The first-order valence-electron chi connectivity index (χ1n) is 4.25. The first kappa shape index (κ1) is 13.8. The molecule has 0 amide bonds. The van der Waals surface area contributed by atoms with Crippen molar-refractivity contribution in [1.29, 1.82) is 0 Å². The maximum absolute atomic E-state index is 12.1. The maximum Gasteiger partial charge on any atom is 0.403 e. The molecule has 0 aromatic rings. The van der Waals surface area contributed by atoms with Crippen LogP contribution in [0.2, 0.25) is 0 Å². The summed E-state index contributed by atoms with van der Waals surface area (Å²) in [7, 11) is 0. The predicted molar refractivity (Wildman–Crippen MR) is 48.1 cm³/mol. The van der Waals surface area contributed by atoms with Gasteiger partial charge in [-0.25, -0.2) is 0 Å². The van der Waals surface area contributed by atoms with E-state index in [1.807, 2.05) is 0 Å². The molecule has 0 rings (SSSR count). The van der Waals surface area contributed by atoms with Crippen LogP contribution < -0.4 is 5.32 Å². The second-order valence-electron chi connectivity index (χ2n) is 3.15. The molecule has 0 aliphatic heterocycles. The Morgan fingerprint density at radius 2 is 2.13 bits per heavy atom. The summed E-state index contributed by atoms with van der Waals surface area (Å²) in [5, 5.41) is 10.8. The molecule has 2 atom stereocenters. The van der Waals surface area contributed by atoms with Crippen molar-refractivity contribution in [3.63, 3.8) is 0 Å². The highest BCUT2D eigenvalue weighted by Crippen LogP contribution is 2.25. The molecule has 0 spiro atoms. The van der Waals surface area contributed by atoms with Crippen LogP contribution >= 0.6 is 0 Å². The summed E-state index contributed by atoms with van der Waals surface area (Å²) >= 11 is 0. The first-order chi connectivity index (χ1) is 6.79. The third-order valence-electron chi connectivity index (χ3n) is 1.79. The van der Waals surface area contributed by atoms with E-state index in [1.54, 1.807) is 6.92 Å². The van der Waals surface area contributed by atoms with Crippen LogP contribution in [0.1, 0.15) is 13.3 Å². The minimum Gasteiger partial charge on any atom is -0.481 e. The number of nitrogens with one attached hydrogen (secondary N) is 1. The minimum atomic E-state index is -4.74. The molecule has 15 heavy (non-hydrogen) atoms. The molecule has 0 radical (unpaired) electrons. The summed E-state index contributed by atoms with van der Waals surface area (Å²) in [6.45, 7) is 0.927. The minimum absolute atomic E-state index is 0.254. The van der Waals surface area contributed by atoms with E-state index in [0.717, 1.165) is 0 Å². The summed E-state index contributed by atoms with van der Waals surface area (Å²) in [6, 6.07) is -0.334. The van der Waals surface area contributed by atoms with Crippen LogP contribution in [0.4, 0.5) is 13.2 Å². The molecule has 0 saturated heterocycles. The number of terminal acetylenes is 1. The van der Waals surface area contributed by atoms with Gasteiger partial charge in [-0.15, -0.1) is 12.3 Å². The van der Waals surface area contributed by atoms with Gasteiger partial charge in [-0.2, -0.15) is 13.2 Å². The van der Waals surface area contributed by atoms with Crippen LogP contribution in [0.25, 0.3) is 0 Å². The fourth-order valence-electron chi connectivity index (χ4n) is 0.911. The highest BCUT2D eigenvalue weighted by molar-refractivity contribution is 5.71. The van der Waals surface area contributed by atoms with Crippen LogP contribution in [0, 0.1) is 18.3 Å². The smallest absolute Gasteiger partial charge is 0.403 e. The van der Waals surface area contributed by atoms with Crippen molar-refractivity contribution in [1.82, 2.24) is 5.32 Å². The van der Waals surface area contributed by atoms with Gasteiger partial charge in [-0.3, -0.25) is 4.79 Å². The van der Waals surface area contributed by atoms with Crippen molar-refractivity contribution in [2.45, 2.75) is 25.6 Å². The molecule has 3 nitrogen and oxygen atoms in total. The number of hydrogen-bond donors (Lipinski definition) is 2. The first-order valence-corrected chi connectivity index (χ1v) is 4.25. The summed E-state index contributed by atoms with van der Waals surface area (Å²) < 4.78 is 36.4. The van der Waals surface area contributed by atoms with Crippen molar-refractivity contribution in [2.24, 2.45) is 5.92 Å². The van der Waals surface area contributed by atoms with Crippen LogP contribution in [0.15, 0.2) is 0 Å². The Morgan fingerprint density at radius 1 is 1.60 bits per heavy atom. The van der Waals surface area contributed by atoms with E-state index in [4.69, 9.17) is 11.5 Å². The van der Waals surface area contributed by atoms with Crippen molar-refractivity contribution in [2.75, 3.05) is 6.54 Å². The van der Waals surface area contributed by atoms with Gasteiger partial charge in [0, 0.05) is 19.0 Å². The molecule has 0 saturated carbocycles. The summed E-state index contributed by atoms with van der Waals surface area (Å²) in [5.74, 6) is -2.01. The van der Waals surface area contributed by atoms with Gasteiger partial charge in [0.25, 0.3) is 0 Å². The number of carbonyl (C=O) groups is 1. The van der Waals surface area contributed by atoms with Crippen LogP contribution in [0.5, 0.6) is 0 Å². The lowest BCUT2D eigenvalue weighted by atomic mass is 10.1. The molecule has 2 N–H and O–H groups in total. The van der Waals surface area contributed by atoms with E-state index >= 15 is 0 Å². The van der Waals surface area contributed by atoms with E-state index in [9.17, 15) is 18.0 Å². The summed E-state index contributed by atoms with van der Waals surface area (Å²) in [4.78, 5) is 10.3. The number of alkyl halides is 3. The zero-order valence-electron chi connectivity index (χ0n) is 8.14. The van der Waals surface area contributed by atoms with Gasteiger partial charge < -0.3 is 10.4 Å². The lowest BCUT2D eigenvalue weighted by Gasteiger charge is -2.18. The lowest BCUT2D eigenvalue weighted by molar-refractivity contribution is -0.192. The molecule has 0 aromatic heterocycles. The SMILES string of the molecule is C#CCC(C)NCC(C(=O)O)C(F)(F)F. The lowest BCUT2D eigenvalue weighted by Crippen LogP contribution is -2.41. The average Bonchev–Trinajstić information content (AvgIpc) is 2.01. The predicted octanol–water partition coefficient (Wildman–Crippen LogP) is 1.25. The van der Waals surface area contributed by atoms with Crippen LogP contribution in [-0.2, 0) is 4.79 Å². The monoisotopic (exact) mass is 223 g/mol. The highest BCUT2D eigenvalue weighted by Gasteiger charge is 2.44. The molecule has 0 bridgehead atoms. The molecule has 0 aliphatic carbocycles. The summed E-state index contributed by atoms with van der Waals surface area (Å²) in [6.07, 6.45) is 0.466. The molecule has 0 aliphatic rings. The summed E-state index contributed by atoms with van der Waals surface area (Å²) in [5.41, 5.74) is 0. The Morgan fingerprint density at radius 3 is 2.47 bits per heavy atom. The zero-order valence-corrected chi connectivity index (χ0v) is 8.14. The van der Waals surface area contributed by atoms with E-state index in [1.165, 1.54) is 0 Å². The van der Waals surface area contributed by atoms with Crippen LogP contribution in [-0.4, -0.2) is 29.8 Å². The fourth-order valence-corrected chi connectivity index (χ4v) is 0.911. The molecule has 6 heteroatoms. The highest BCUT2D eigenvalue weighted by atomic mass is 19.4. The Hall–Kier alpha value is -1.22. The van der Waals surface area contributed by atoms with E-state index < -0.39 is 24.6 Å². The van der Waals surface area contributed by atoms with Crippen molar-refractivity contribution >= 4 is 5.97 Å². The van der Waals surface area contributed by atoms with E-state index in [-0.39, 0.29) is 12.5 Å². The normalized spacial score (nSPS) is 15.4. The Labute approximate surface area is 85.7 Å².